The molecule has 0 saturated carbocycles. The van der Waals surface area contributed by atoms with Gasteiger partial charge in [-0.05, 0) is 44.6 Å². The maximum absolute atomic E-state index is 11.2. The van der Waals surface area contributed by atoms with E-state index in [0.717, 1.165) is 19.5 Å². The summed E-state index contributed by atoms with van der Waals surface area (Å²) >= 11 is 0. The topological polar surface area (TPSA) is 40.5 Å². The largest absolute Gasteiger partial charge is 0.481 e. The Morgan fingerprint density at radius 2 is 1.82 bits per heavy atom. The second-order valence-corrected chi connectivity index (χ2v) is 5.89. The van der Waals surface area contributed by atoms with Gasteiger partial charge in [0.05, 0.1) is 5.41 Å². The Hall–Kier alpha value is -0.570. The van der Waals surface area contributed by atoms with Gasteiger partial charge in [-0.2, -0.15) is 0 Å². The van der Waals surface area contributed by atoms with E-state index in [4.69, 9.17) is 0 Å². The van der Waals surface area contributed by atoms with E-state index in [1.54, 1.807) is 0 Å². The zero-order valence-electron chi connectivity index (χ0n) is 11.8. The lowest BCUT2D eigenvalue weighted by Gasteiger charge is -2.35. The predicted molar refractivity (Wildman–Crippen MR) is 70.1 cm³/mol. The minimum atomic E-state index is -0.643. The number of carboxylic acids is 1. The van der Waals surface area contributed by atoms with Crippen LogP contribution in [-0.2, 0) is 4.79 Å². The van der Waals surface area contributed by atoms with Crippen molar-refractivity contribution in [2.75, 3.05) is 19.6 Å². The molecule has 0 aromatic rings. The van der Waals surface area contributed by atoms with E-state index in [2.05, 4.69) is 25.7 Å². The Balaban J connectivity index is 2.63. The monoisotopic (exact) mass is 241 g/mol. The molecule has 0 spiro atoms. The molecule has 0 aromatic carbocycles. The average Bonchev–Trinajstić information content (AvgIpc) is 2.69. The summed E-state index contributed by atoms with van der Waals surface area (Å²) in [6, 6.07) is 0. The predicted octanol–water partition coefficient (Wildman–Crippen LogP) is 3.00. The summed E-state index contributed by atoms with van der Waals surface area (Å²) in [5.41, 5.74) is -0.148. The molecule has 0 bridgehead atoms. The number of hydrogen-bond acceptors (Lipinski definition) is 2. The van der Waals surface area contributed by atoms with Crippen LogP contribution in [0.2, 0.25) is 0 Å². The fourth-order valence-corrected chi connectivity index (χ4v) is 2.93. The highest BCUT2D eigenvalue weighted by Crippen LogP contribution is 2.36. The van der Waals surface area contributed by atoms with Crippen molar-refractivity contribution in [3.63, 3.8) is 0 Å². The molecule has 100 valence electrons. The fourth-order valence-electron chi connectivity index (χ4n) is 2.93. The Labute approximate surface area is 105 Å². The Morgan fingerprint density at radius 1 is 1.29 bits per heavy atom. The van der Waals surface area contributed by atoms with Gasteiger partial charge >= 0.3 is 5.97 Å². The molecule has 1 atom stereocenters. The third-order valence-corrected chi connectivity index (χ3v) is 4.88. The SMILES string of the molecule is CCC(CC)(CC)CN1CCC(C)(C(=O)O)C1. The van der Waals surface area contributed by atoms with Gasteiger partial charge in [0.1, 0.15) is 0 Å². The maximum Gasteiger partial charge on any atom is 0.310 e. The van der Waals surface area contributed by atoms with Crippen molar-refractivity contribution in [3.05, 3.63) is 0 Å². The third-order valence-electron chi connectivity index (χ3n) is 4.88. The highest BCUT2D eigenvalue weighted by molar-refractivity contribution is 5.74. The Morgan fingerprint density at radius 3 is 2.18 bits per heavy atom. The standard InChI is InChI=1S/C14H27NO2/c1-5-14(6-2,7-3)11-15-9-8-13(4,10-15)12(16)17/h5-11H2,1-4H3,(H,16,17). The molecule has 1 aliphatic rings. The van der Waals surface area contributed by atoms with E-state index in [-0.39, 0.29) is 0 Å². The summed E-state index contributed by atoms with van der Waals surface area (Å²) in [6.07, 6.45) is 4.33. The van der Waals surface area contributed by atoms with E-state index >= 15 is 0 Å². The number of carbonyl (C=O) groups is 1. The summed E-state index contributed by atoms with van der Waals surface area (Å²) in [5.74, 6) is -0.643. The number of rotatable bonds is 6. The quantitative estimate of drug-likeness (QED) is 0.777. The number of aliphatic carboxylic acids is 1. The van der Waals surface area contributed by atoms with Crippen LogP contribution in [0.1, 0.15) is 53.4 Å². The third kappa shape index (κ3) is 3.01. The zero-order valence-corrected chi connectivity index (χ0v) is 11.8. The summed E-state index contributed by atoms with van der Waals surface area (Å²) in [4.78, 5) is 13.6. The minimum absolute atomic E-state index is 0.379. The van der Waals surface area contributed by atoms with Gasteiger partial charge in [-0.25, -0.2) is 0 Å². The molecular weight excluding hydrogens is 214 g/mol. The van der Waals surface area contributed by atoms with Gasteiger partial charge in [0.25, 0.3) is 0 Å². The van der Waals surface area contributed by atoms with E-state index in [1.165, 1.54) is 19.3 Å². The molecular formula is C14H27NO2. The molecule has 1 N–H and O–H groups in total. The van der Waals surface area contributed by atoms with Crippen molar-refractivity contribution in [1.82, 2.24) is 4.90 Å². The molecule has 3 nitrogen and oxygen atoms in total. The minimum Gasteiger partial charge on any atom is -0.481 e. The van der Waals surface area contributed by atoms with Crippen molar-refractivity contribution in [2.24, 2.45) is 10.8 Å². The molecule has 0 amide bonds. The molecule has 1 unspecified atom stereocenters. The Kier molecular flexibility index (Phi) is 4.59. The van der Waals surface area contributed by atoms with Gasteiger partial charge in [0, 0.05) is 13.1 Å². The lowest BCUT2D eigenvalue weighted by atomic mass is 9.79. The highest BCUT2D eigenvalue weighted by Gasteiger charge is 2.42. The summed E-state index contributed by atoms with van der Waals surface area (Å²) in [7, 11) is 0. The maximum atomic E-state index is 11.2. The van der Waals surface area contributed by atoms with Crippen LogP contribution in [-0.4, -0.2) is 35.6 Å². The van der Waals surface area contributed by atoms with Gasteiger partial charge in [0.15, 0.2) is 0 Å². The van der Waals surface area contributed by atoms with Gasteiger partial charge in [0.2, 0.25) is 0 Å². The van der Waals surface area contributed by atoms with Crippen LogP contribution < -0.4 is 0 Å². The Bertz CT molecular complexity index is 265. The molecule has 1 heterocycles. The van der Waals surface area contributed by atoms with E-state index in [9.17, 15) is 9.90 Å². The van der Waals surface area contributed by atoms with Crippen LogP contribution in [0.25, 0.3) is 0 Å². The molecule has 3 heteroatoms. The van der Waals surface area contributed by atoms with Crippen LogP contribution in [0.3, 0.4) is 0 Å². The first-order chi connectivity index (χ1) is 7.91. The van der Waals surface area contributed by atoms with E-state index in [0.29, 0.717) is 12.0 Å². The molecule has 1 aliphatic heterocycles. The first-order valence-corrected chi connectivity index (χ1v) is 6.87. The zero-order chi connectivity index (χ0) is 13.1. The van der Waals surface area contributed by atoms with Crippen LogP contribution in [0, 0.1) is 10.8 Å². The molecule has 0 radical (unpaired) electrons. The van der Waals surface area contributed by atoms with Gasteiger partial charge in [-0.1, -0.05) is 20.8 Å². The molecule has 1 fully saturated rings. The first kappa shape index (κ1) is 14.5. The summed E-state index contributed by atoms with van der Waals surface area (Å²) in [5, 5.41) is 9.23. The number of likely N-dealkylation sites (tertiary alicyclic amines) is 1. The lowest BCUT2D eigenvalue weighted by Crippen LogP contribution is -2.38. The highest BCUT2D eigenvalue weighted by atomic mass is 16.4. The molecule has 17 heavy (non-hydrogen) atoms. The summed E-state index contributed by atoms with van der Waals surface area (Å²) in [6.45, 7) is 11.3. The summed E-state index contributed by atoms with van der Waals surface area (Å²) < 4.78 is 0. The molecule has 1 saturated heterocycles. The van der Waals surface area contributed by atoms with Crippen LogP contribution in [0.15, 0.2) is 0 Å². The van der Waals surface area contributed by atoms with Crippen LogP contribution in [0.4, 0.5) is 0 Å². The smallest absolute Gasteiger partial charge is 0.310 e. The number of carboxylic acid groups (broad SMARTS) is 1. The number of nitrogens with zero attached hydrogens (tertiary/aromatic N) is 1. The molecule has 0 aliphatic carbocycles. The second kappa shape index (κ2) is 5.38. The van der Waals surface area contributed by atoms with Gasteiger partial charge in [-0.3, -0.25) is 4.79 Å². The van der Waals surface area contributed by atoms with Gasteiger partial charge in [-0.15, -0.1) is 0 Å². The average molecular weight is 241 g/mol. The number of hydrogen-bond donors (Lipinski definition) is 1. The lowest BCUT2D eigenvalue weighted by molar-refractivity contribution is -0.147. The van der Waals surface area contributed by atoms with Gasteiger partial charge < -0.3 is 10.0 Å². The van der Waals surface area contributed by atoms with Crippen molar-refractivity contribution in [3.8, 4) is 0 Å². The van der Waals surface area contributed by atoms with E-state index < -0.39 is 11.4 Å². The van der Waals surface area contributed by atoms with E-state index in [1.807, 2.05) is 6.92 Å². The normalized spacial score (nSPS) is 26.4. The molecule has 0 aromatic heterocycles. The van der Waals surface area contributed by atoms with Crippen LogP contribution >= 0.6 is 0 Å². The van der Waals surface area contributed by atoms with Crippen molar-refractivity contribution in [2.45, 2.75) is 53.4 Å². The van der Waals surface area contributed by atoms with Crippen LogP contribution in [0.5, 0.6) is 0 Å². The fraction of sp³-hybridized carbons (Fsp3) is 0.929. The van der Waals surface area contributed by atoms with Crippen molar-refractivity contribution < 1.29 is 9.90 Å². The first-order valence-electron chi connectivity index (χ1n) is 6.87. The second-order valence-electron chi connectivity index (χ2n) is 5.89. The van der Waals surface area contributed by atoms with Crippen molar-refractivity contribution in [1.29, 1.82) is 0 Å². The molecule has 1 rings (SSSR count). The van der Waals surface area contributed by atoms with Crippen molar-refractivity contribution >= 4 is 5.97 Å².